The van der Waals surface area contributed by atoms with Crippen LogP contribution in [0.25, 0.3) is 0 Å². The highest BCUT2D eigenvalue weighted by atomic mass is 16.5. The lowest BCUT2D eigenvalue weighted by Crippen LogP contribution is -2.53. The largest absolute Gasteiger partial charge is 0.388 e. The highest BCUT2D eigenvalue weighted by Gasteiger charge is 2.29. The first kappa shape index (κ1) is 21.1. The van der Waals surface area contributed by atoms with E-state index in [1.807, 2.05) is 35.2 Å². The first-order chi connectivity index (χ1) is 13.6. The van der Waals surface area contributed by atoms with Crippen LogP contribution in [0, 0.1) is 11.8 Å². The van der Waals surface area contributed by atoms with Gasteiger partial charge in [0, 0.05) is 38.8 Å². The quantitative estimate of drug-likeness (QED) is 0.785. The van der Waals surface area contributed by atoms with Gasteiger partial charge in [-0.3, -0.25) is 4.90 Å². The number of carbonyl (C=O) groups is 1. The molecule has 2 amide bonds. The summed E-state index contributed by atoms with van der Waals surface area (Å²) in [6, 6.07) is 10.2. The Morgan fingerprint density at radius 3 is 2.39 bits per heavy atom. The van der Waals surface area contributed by atoms with Gasteiger partial charge < -0.3 is 20.1 Å². The van der Waals surface area contributed by atoms with Gasteiger partial charge in [0.15, 0.2) is 0 Å². The molecule has 2 saturated heterocycles. The van der Waals surface area contributed by atoms with Crippen molar-refractivity contribution in [2.45, 2.75) is 38.8 Å². The normalized spacial score (nSPS) is 21.5. The van der Waals surface area contributed by atoms with Crippen molar-refractivity contribution in [1.82, 2.24) is 15.1 Å². The van der Waals surface area contributed by atoms with Crippen molar-refractivity contribution in [3.63, 3.8) is 0 Å². The fraction of sp³-hybridized carbons (Fsp3) is 0.682. The van der Waals surface area contributed by atoms with Gasteiger partial charge in [-0.1, -0.05) is 44.2 Å². The molecule has 0 bridgehead atoms. The summed E-state index contributed by atoms with van der Waals surface area (Å²) in [4.78, 5) is 17.0. The van der Waals surface area contributed by atoms with E-state index in [0.29, 0.717) is 31.6 Å². The number of morpholine rings is 1. The molecule has 6 heteroatoms. The number of rotatable bonds is 6. The number of amides is 2. The summed E-state index contributed by atoms with van der Waals surface area (Å²) in [5.74, 6) is 0.688. The Kier molecular flexibility index (Phi) is 7.71. The average molecular weight is 390 g/mol. The second kappa shape index (κ2) is 10.2. The van der Waals surface area contributed by atoms with Gasteiger partial charge in [-0.2, -0.15) is 0 Å². The van der Waals surface area contributed by atoms with E-state index in [1.165, 1.54) is 0 Å². The molecule has 6 nitrogen and oxygen atoms in total. The Bertz CT molecular complexity index is 596. The maximum Gasteiger partial charge on any atom is 0.317 e. The number of nitrogens with zero attached hydrogens (tertiary/aromatic N) is 2. The molecule has 156 valence electrons. The summed E-state index contributed by atoms with van der Waals surface area (Å²) in [5.41, 5.74) is 0.968. The number of aliphatic hydroxyl groups is 1. The summed E-state index contributed by atoms with van der Waals surface area (Å²) in [6.07, 6.45) is 1.22. The molecule has 1 aromatic carbocycles. The Balaban J connectivity index is 1.45. The number of piperidine rings is 1. The van der Waals surface area contributed by atoms with Crippen molar-refractivity contribution in [1.29, 1.82) is 0 Å². The number of nitrogens with one attached hydrogen (secondary N) is 1. The third-order valence-corrected chi connectivity index (χ3v) is 6.16. The molecule has 0 radical (unpaired) electrons. The Morgan fingerprint density at radius 1 is 1.14 bits per heavy atom. The summed E-state index contributed by atoms with van der Waals surface area (Å²) in [6.45, 7) is 9.90. The lowest BCUT2D eigenvalue weighted by molar-refractivity contribution is 0.00672. The van der Waals surface area contributed by atoms with E-state index in [2.05, 4.69) is 24.1 Å². The predicted octanol–water partition coefficient (Wildman–Crippen LogP) is 2.50. The van der Waals surface area contributed by atoms with Gasteiger partial charge in [0.25, 0.3) is 0 Å². The molecule has 2 heterocycles. The monoisotopic (exact) mass is 389 g/mol. The maximum absolute atomic E-state index is 12.7. The zero-order valence-corrected chi connectivity index (χ0v) is 17.2. The van der Waals surface area contributed by atoms with Crippen LogP contribution in [0.5, 0.6) is 0 Å². The molecule has 0 aromatic heterocycles. The summed E-state index contributed by atoms with van der Waals surface area (Å²) in [7, 11) is 0. The van der Waals surface area contributed by atoms with Crippen LogP contribution >= 0.6 is 0 Å². The van der Waals surface area contributed by atoms with Crippen molar-refractivity contribution in [2.75, 3.05) is 45.9 Å². The molecule has 2 fully saturated rings. The molecular weight excluding hydrogens is 354 g/mol. The molecule has 2 N–H and O–H groups in total. The minimum Gasteiger partial charge on any atom is -0.388 e. The van der Waals surface area contributed by atoms with E-state index < -0.39 is 6.10 Å². The van der Waals surface area contributed by atoms with Gasteiger partial charge in [0.05, 0.1) is 19.3 Å². The van der Waals surface area contributed by atoms with Crippen LogP contribution in [0.4, 0.5) is 4.79 Å². The van der Waals surface area contributed by atoms with Gasteiger partial charge in [-0.15, -0.1) is 0 Å². The maximum atomic E-state index is 12.7. The topological polar surface area (TPSA) is 65.0 Å². The summed E-state index contributed by atoms with van der Waals surface area (Å²) >= 11 is 0. The predicted molar refractivity (Wildman–Crippen MR) is 110 cm³/mol. The Morgan fingerprint density at radius 2 is 1.79 bits per heavy atom. The highest BCUT2D eigenvalue weighted by molar-refractivity contribution is 5.74. The third-order valence-electron chi connectivity index (χ3n) is 6.16. The Hall–Kier alpha value is -1.63. The van der Waals surface area contributed by atoms with Crippen LogP contribution in [0.3, 0.4) is 0 Å². The molecule has 2 aliphatic heterocycles. The van der Waals surface area contributed by atoms with E-state index in [-0.39, 0.29) is 11.9 Å². The lowest BCUT2D eigenvalue weighted by Gasteiger charge is -2.38. The lowest BCUT2D eigenvalue weighted by atomic mass is 9.87. The summed E-state index contributed by atoms with van der Waals surface area (Å²) in [5, 5.41) is 13.8. The van der Waals surface area contributed by atoms with Crippen LogP contribution in [0.1, 0.15) is 38.4 Å². The van der Waals surface area contributed by atoms with E-state index >= 15 is 0 Å². The second-order valence-corrected chi connectivity index (χ2v) is 8.33. The number of urea groups is 1. The van der Waals surface area contributed by atoms with E-state index in [4.69, 9.17) is 4.74 Å². The first-order valence-electron chi connectivity index (χ1n) is 10.6. The molecular formula is C22H35N3O3. The smallest absolute Gasteiger partial charge is 0.317 e. The van der Waals surface area contributed by atoms with Crippen molar-refractivity contribution in [2.24, 2.45) is 11.8 Å². The number of benzene rings is 1. The number of hydrogen-bond acceptors (Lipinski definition) is 4. The van der Waals surface area contributed by atoms with Crippen molar-refractivity contribution < 1.29 is 14.6 Å². The van der Waals surface area contributed by atoms with Gasteiger partial charge >= 0.3 is 6.03 Å². The van der Waals surface area contributed by atoms with Gasteiger partial charge in [0.2, 0.25) is 0 Å². The van der Waals surface area contributed by atoms with Crippen LogP contribution in [0.2, 0.25) is 0 Å². The number of aliphatic hydroxyl groups excluding tert-OH is 1. The highest BCUT2D eigenvalue weighted by Crippen LogP contribution is 2.30. The van der Waals surface area contributed by atoms with Gasteiger partial charge in [-0.05, 0) is 30.2 Å². The third kappa shape index (κ3) is 5.46. The first-order valence-corrected chi connectivity index (χ1v) is 10.6. The van der Waals surface area contributed by atoms with E-state index in [1.54, 1.807) is 0 Å². The average Bonchev–Trinajstić information content (AvgIpc) is 2.74. The van der Waals surface area contributed by atoms with Crippen molar-refractivity contribution in [3.8, 4) is 0 Å². The van der Waals surface area contributed by atoms with Crippen LogP contribution < -0.4 is 5.32 Å². The Labute approximate surface area is 168 Å². The number of carbonyl (C=O) groups excluding carboxylic acids is 1. The van der Waals surface area contributed by atoms with Gasteiger partial charge in [-0.25, -0.2) is 4.79 Å². The molecule has 3 rings (SSSR count). The molecule has 0 saturated carbocycles. The van der Waals surface area contributed by atoms with Gasteiger partial charge in [0.1, 0.15) is 0 Å². The molecule has 2 atom stereocenters. The standard InChI is InChI=1S/C22H35N3O3/c1-17(2)20(24-12-14-28-15-13-24)16-23-22(27)25-10-8-19(9-11-25)21(26)18-6-4-3-5-7-18/h3-7,17,19-21,26H,8-16H2,1-2H3,(H,23,27). The molecule has 1 aromatic rings. The summed E-state index contributed by atoms with van der Waals surface area (Å²) < 4.78 is 5.45. The SMILES string of the molecule is CC(C)C(CNC(=O)N1CCC(C(O)c2ccccc2)CC1)N1CCOCC1. The minimum atomic E-state index is -0.446. The number of ether oxygens (including phenoxy) is 1. The number of likely N-dealkylation sites (tertiary alicyclic amines) is 1. The van der Waals surface area contributed by atoms with Crippen molar-refractivity contribution >= 4 is 6.03 Å². The fourth-order valence-electron chi connectivity index (χ4n) is 4.34. The van der Waals surface area contributed by atoms with E-state index in [9.17, 15) is 9.90 Å². The van der Waals surface area contributed by atoms with E-state index in [0.717, 1.165) is 44.7 Å². The second-order valence-electron chi connectivity index (χ2n) is 8.33. The van der Waals surface area contributed by atoms with Crippen LogP contribution in [0.15, 0.2) is 30.3 Å². The molecule has 2 unspecified atom stereocenters. The molecule has 0 aliphatic carbocycles. The minimum absolute atomic E-state index is 0.0200. The molecule has 28 heavy (non-hydrogen) atoms. The van der Waals surface area contributed by atoms with Crippen LogP contribution in [-0.2, 0) is 4.74 Å². The zero-order chi connectivity index (χ0) is 19.9. The van der Waals surface area contributed by atoms with Crippen LogP contribution in [-0.4, -0.2) is 72.9 Å². The zero-order valence-electron chi connectivity index (χ0n) is 17.2. The fourth-order valence-corrected chi connectivity index (χ4v) is 4.34. The number of hydrogen-bond donors (Lipinski definition) is 2. The molecule has 2 aliphatic rings. The molecule has 0 spiro atoms. The van der Waals surface area contributed by atoms with Crippen molar-refractivity contribution in [3.05, 3.63) is 35.9 Å².